The van der Waals surface area contributed by atoms with Crippen molar-refractivity contribution in [2.75, 3.05) is 13.1 Å². The molecule has 3 rings (SSSR count). The number of piperidine rings is 1. The quantitative estimate of drug-likeness (QED) is 0.828. The number of aromatic nitrogens is 1. The number of fused-ring (bicyclic) bond motifs is 1. The number of nitrogens with zero attached hydrogens (tertiary/aromatic N) is 1. The van der Waals surface area contributed by atoms with E-state index < -0.39 is 0 Å². The highest BCUT2D eigenvalue weighted by Crippen LogP contribution is 2.15. The Hall–Kier alpha value is -1.48. The molecule has 1 aromatic heterocycles. The summed E-state index contributed by atoms with van der Waals surface area (Å²) < 4.78 is 1.91. The second-order valence-electron chi connectivity index (χ2n) is 4.26. The van der Waals surface area contributed by atoms with Gasteiger partial charge in [0, 0.05) is 11.6 Å². The first-order valence-electron chi connectivity index (χ1n) is 5.87. The van der Waals surface area contributed by atoms with Crippen LogP contribution in [0.25, 0.3) is 10.9 Å². The van der Waals surface area contributed by atoms with Crippen LogP contribution in [0.2, 0.25) is 0 Å². The van der Waals surface area contributed by atoms with Crippen molar-refractivity contribution in [2.45, 2.75) is 18.9 Å². The molecule has 3 heteroatoms. The molecular formula is C13H16N2O. The molecule has 2 heterocycles. The topological polar surface area (TPSA) is 26.2 Å². The first kappa shape index (κ1) is 9.73. The van der Waals surface area contributed by atoms with Gasteiger partial charge in [-0.2, -0.15) is 4.73 Å². The van der Waals surface area contributed by atoms with E-state index >= 15 is 0 Å². The number of benzene rings is 1. The molecule has 0 radical (unpaired) electrons. The average molecular weight is 216 g/mol. The van der Waals surface area contributed by atoms with E-state index in [0.29, 0.717) is 6.10 Å². The lowest BCUT2D eigenvalue weighted by molar-refractivity contribution is 0.0261. The van der Waals surface area contributed by atoms with Gasteiger partial charge in [0.15, 0.2) is 0 Å². The number of hydrogen-bond acceptors (Lipinski definition) is 2. The third kappa shape index (κ3) is 1.78. The van der Waals surface area contributed by atoms with Gasteiger partial charge in [-0.05, 0) is 38.1 Å². The summed E-state index contributed by atoms with van der Waals surface area (Å²) >= 11 is 0. The molecule has 1 aliphatic rings. The van der Waals surface area contributed by atoms with Gasteiger partial charge < -0.3 is 10.2 Å². The molecule has 84 valence electrons. The number of nitrogens with one attached hydrogen (secondary N) is 1. The highest BCUT2D eigenvalue weighted by molar-refractivity contribution is 5.79. The predicted octanol–water partition coefficient (Wildman–Crippen LogP) is 1.82. The van der Waals surface area contributed by atoms with Crippen LogP contribution in [0.4, 0.5) is 0 Å². The molecule has 0 bridgehead atoms. The van der Waals surface area contributed by atoms with Crippen LogP contribution in [0.5, 0.6) is 0 Å². The summed E-state index contributed by atoms with van der Waals surface area (Å²) in [5, 5.41) is 4.58. The summed E-state index contributed by atoms with van der Waals surface area (Å²) in [5.74, 6) is 0. The van der Waals surface area contributed by atoms with Gasteiger partial charge in [-0.25, -0.2) is 0 Å². The Morgan fingerprint density at radius 2 is 1.94 bits per heavy atom. The maximum atomic E-state index is 5.99. The smallest absolute Gasteiger partial charge is 0.127 e. The SMILES string of the molecule is c1ccc2c(c1)ccn2OC1CCNCC1. The van der Waals surface area contributed by atoms with E-state index in [9.17, 15) is 0 Å². The molecule has 0 saturated carbocycles. The Morgan fingerprint density at radius 1 is 1.12 bits per heavy atom. The van der Waals surface area contributed by atoms with E-state index in [1.54, 1.807) is 0 Å². The lowest BCUT2D eigenvalue weighted by Crippen LogP contribution is -2.37. The van der Waals surface area contributed by atoms with Gasteiger partial charge in [0.25, 0.3) is 0 Å². The zero-order valence-electron chi connectivity index (χ0n) is 9.23. The molecule has 16 heavy (non-hydrogen) atoms. The second kappa shape index (κ2) is 4.18. The number of para-hydroxylation sites is 1. The van der Waals surface area contributed by atoms with E-state index in [0.717, 1.165) is 31.4 Å². The van der Waals surface area contributed by atoms with Gasteiger partial charge in [0.05, 0.1) is 5.52 Å². The van der Waals surface area contributed by atoms with Crippen LogP contribution in [0.3, 0.4) is 0 Å². The summed E-state index contributed by atoms with van der Waals surface area (Å²) in [5.41, 5.74) is 1.15. The van der Waals surface area contributed by atoms with Gasteiger partial charge >= 0.3 is 0 Å². The van der Waals surface area contributed by atoms with Crippen LogP contribution < -0.4 is 10.2 Å². The molecule has 0 aliphatic carbocycles. The van der Waals surface area contributed by atoms with Crippen molar-refractivity contribution < 1.29 is 4.84 Å². The third-order valence-electron chi connectivity index (χ3n) is 3.11. The second-order valence-corrected chi connectivity index (χ2v) is 4.26. The van der Waals surface area contributed by atoms with Gasteiger partial charge in [0.1, 0.15) is 6.10 Å². The Morgan fingerprint density at radius 3 is 2.81 bits per heavy atom. The van der Waals surface area contributed by atoms with E-state index in [1.807, 2.05) is 17.0 Å². The zero-order chi connectivity index (χ0) is 10.8. The monoisotopic (exact) mass is 216 g/mol. The Kier molecular flexibility index (Phi) is 2.54. The molecule has 1 aliphatic heterocycles. The molecule has 1 saturated heterocycles. The predicted molar refractivity (Wildman–Crippen MR) is 64.4 cm³/mol. The minimum Gasteiger partial charge on any atom is -0.410 e. The lowest BCUT2D eigenvalue weighted by Gasteiger charge is -2.24. The first-order chi connectivity index (χ1) is 7.93. The van der Waals surface area contributed by atoms with E-state index in [2.05, 4.69) is 29.6 Å². The van der Waals surface area contributed by atoms with Crippen LogP contribution in [0.15, 0.2) is 36.5 Å². The molecule has 1 aromatic carbocycles. The average Bonchev–Trinajstić information content (AvgIpc) is 2.74. The van der Waals surface area contributed by atoms with E-state index in [1.165, 1.54) is 5.39 Å². The summed E-state index contributed by atoms with van der Waals surface area (Å²) in [6, 6.07) is 10.4. The van der Waals surface area contributed by atoms with Gasteiger partial charge in [-0.3, -0.25) is 0 Å². The fourth-order valence-corrected chi connectivity index (χ4v) is 2.21. The molecule has 3 nitrogen and oxygen atoms in total. The highest BCUT2D eigenvalue weighted by Gasteiger charge is 2.15. The van der Waals surface area contributed by atoms with Gasteiger partial charge in [0.2, 0.25) is 0 Å². The summed E-state index contributed by atoms with van der Waals surface area (Å²) in [7, 11) is 0. The van der Waals surface area contributed by atoms with Crippen LogP contribution in [-0.2, 0) is 0 Å². The highest BCUT2D eigenvalue weighted by atomic mass is 16.7. The molecule has 0 spiro atoms. The number of rotatable bonds is 2. The largest absolute Gasteiger partial charge is 0.410 e. The third-order valence-corrected chi connectivity index (χ3v) is 3.11. The first-order valence-corrected chi connectivity index (χ1v) is 5.87. The van der Waals surface area contributed by atoms with Crippen LogP contribution in [0.1, 0.15) is 12.8 Å². The van der Waals surface area contributed by atoms with Crippen molar-refractivity contribution in [1.82, 2.24) is 10.0 Å². The fraction of sp³-hybridized carbons (Fsp3) is 0.385. The van der Waals surface area contributed by atoms with Crippen LogP contribution >= 0.6 is 0 Å². The minimum absolute atomic E-state index is 0.344. The Labute approximate surface area is 95.0 Å². The lowest BCUT2D eigenvalue weighted by atomic mass is 10.1. The summed E-state index contributed by atoms with van der Waals surface area (Å²) in [6.07, 6.45) is 4.53. The van der Waals surface area contributed by atoms with Crippen molar-refractivity contribution >= 4 is 10.9 Å². The summed E-state index contributed by atoms with van der Waals surface area (Å²) in [6.45, 7) is 2.12. The van der Waals surface area contributed by atoms with Crippen molar-refractivity contribution in [3.8, 4) is 0 Å². The maximum absolute atomic E-state index is 5.99. The summed E-state index contributed by atoms with van der Waals surface area (Å²) in [4.78, 5) is 5.99. The van der Waals surface area contributed by atoms with Crippen molar-refractivity contribution in [1.29, 1.82) is 0 Å². The molecule has 1 fully saturated rings. The van der Waals surface area contributed by atoms with E-state index in [-0.39, 0.29) is 0 Å². The molecule has 0 atom stereocenters. The van der Waals surface area contributed by atoms with E-state index in [4.69, 9.17) is 4.84 Å². The van der Waals surface area contributed by atoms with Crippen LogP contribution in [-0.4, -0.2) is 23.9 Å². The van der Waals surface area contributed by atoms with Crippen molar-refractivity contribution in [3.63, 3.8) is 0 Å². The molecule has 2 aromatic rings. The van der Waals surface area contributed by atoms with Crippen molar-refractivity contribution in [3.05, 3.63) is 36.5 Å². The Bertz CT molecular complexity index is 471. The molecule has 1 N–H and O–H groups in total. The Balaban J connectivity index is 1.83. The molecule has 0 amide bonds. The maximum Gasteiger partial charge on any atom is 0.127 e. The van der Waals surface area contributed by atoms with Gasteiger partial charge in [-0.1, -0.05) is 18.2 Å². The van der Waals surface area contributed by atoms with Crippen LogP contribution in [0, 0.1) is 0 Å². The standard InChI is InChI=1S/C13H16N2O/c1-2-4-13-11(3-1)7-10-15(13)16-12-5-8-14-9-6-12/h1-4,7,10,12,14H,5-6,8-9H2. The zero-order valence-corrected chi connectivity index (χ0v) is 9.23. The minimum atomic E-state index is 0.344. The molecular weight excluding hydrogens is 200 g/mol. The van der Waals surface area contributed by atoms with Gasteiger partial charge in [-0.15, -0.1) is 0 Å². The normalized spacial score (nSPS) is 17.8. The van der Waals surface area contributed by atoms with Crippen molar-refractivity contribution in [2.24, 2.45) is 0 Å². The number of hydrogen-bond donors (Lipinski definition) is 1. The fourth-order valence-electron chi connectivity index (χ4n) is 2.21. The molecule has 0 unspecified atom stereocenters.